The van der Waals surface area contributed by atoms with Crippen molar-refractivity contribution in [1.82, 2.24) is 4.72 Å². The molecule has 1 atom stereocenters. The SMILES string of the molecule is C[Si](C)(C)C#CC(Cl)CNS(=O)(=O)c1ccc(Cl)cc1. The monoisotopic (exact) mass is 349 g/mol. The Morgan fingerprint density at radius 1 is 1.25 bits per heavy atom. The number of nitrogens with one attached hydrogen (secondary N) is 1. The molecule has 0 aliphatic carbocycles. The van der Waals surface area contributed by atoms with Crippen LogP contribution in [-0.2, 0) is 10.0 Å². The number of alkyl halides is 1. The van der Waals surface area contributed by atoms with Crippen molar-refractivity contribution in [1.29, 1.82) is 0 Å². The predicted octanol–water partition coefficient (Wildman–Crippen LogP) is 3.11. The highest BCUT2D eigenvalue weighted by molar-refractivity contribution is 7.89. The van der Waals surface area contributed by atoms with Gasteiger partial charge in [-0.15, -0.1) is 17.1 Å². The maximum Gasteiger partial charge on any atom is 0.240 e. The maximum absolute atomic E-state index is 12.0. The van der Waals surface area contributed by atoms with Crippen LogP contribution in [-0.4, -0.2) is 28.4 Å². The Bertz CT molecular complexity index is 613. The number of rotatable bonds is 4. The van der Waals surface area contributed by atoms with Gasteiger partial charge >= 0.3 is 0 Å². The van der Waals surface area contributed by atoms with E-state index >= 15 is 0 Å². The van der Waals surface area contributed by atoms with E-state index in [0.717, 1.165) is 0 Å². The van der Waals surface area contributed by atoms with Gasteiger partial charge in [0.1, 0.15) is 13.5 Å². The van der Waals surface area contributed by atoms with Gasteiger partial charge in [0, 0.05) is 11.6 Å². The molecule has 0 saturated carbocycles. The molecule has 0 aromatic heterocycles. The molecule has 3 nitrogen and oxygen atoms in total. The zero-order valence-electron chi connectivity index (χ0n) is 11.6. The van der Waals surface area contributed by atoms with E-state index in [9.17, 15) is 8.42 Å². The van der Waals surface area contributed by atoms with E-state index in [1.165, 1.54) is 24.3 Å². The van der Waals surface area contributed by atoms with Gasteiger partial charge in [-0.1, -0.05) is 37.2 Å². The van der Waals surface area contributed by atoms with Crippen molar-refractivity contribution in [3.8, 4) is 11.5 Å². The van der Waals surface area contributed by atoms with Crippen LogP contribution in [0.4, 0.5) is 0 Å². The summed E-state index contributed by atoms with van der Waals surface area (Å²) in [5.41, 5.74) is 3.11. The van der Waals surface area contributed by atoms with E-state index < -0.39 is 23.5 Å². The van der Waals surface area contributed by atoms with E-state index in [1.807, 2.05) is 0 Å². The average molecular weight is 350 g/mol. The molecule has 0 saturated heterocycles. The van der Waals surface area contributed by atoms with Gasteiger partial charge < -0.3 is 0 Å². The molecule has 0 fully saturated rings. The van der Waals surface area contributed by atoms with Crippen molar-refractivity contribution in [3.63, 3.8) is 0 Å². The molecule has 20 heavy (non-hydrogen) atoms. The van der Waals surface area contributed by atoms with E-state index in [0.29, 0.717) is 5.02 Å². The summed E-state index contributed by atoms with van der Waals surface area (Å²) in [6, 6.07) is 5.95. The lowest BCUT2D eigenvalue weighted by atomic mass is 10.4. The Kier molecular flexibility index (Phi) is 6.11. The average Bonchev–Trinajstić information content (AvgIpc) is 2.34. The van der Waals surface area contributed by atoms with Crippen LogP contribution in [0.5, 0.6) is 0 Å². The quantitative estimate of drug-likeness (QED) is 0.515. The highest BCUT2D eigenvalue weighted by Gasteiger charge is 2.15. The predicted molar refractivity (Wildman–Crippen MR) is 87.4 cm³/mol. The normalized spacial score (nSPS) is 13.4. The minimum absolute atomic E-state index is 0.0734. The molecule has 0 aliphatic rings. The first-order chi connectivity index (χ1) is 9.10. The molecule has 1 N–H and O–H groups in total. The third-order valence-electron chi connectivity index (χ3n) is 2.18. The summed E-state index contributed by atoms with van der Waals surface area (Å²) >= 11 is 11.7. The second kappa shape index (κ2) is 6.97. The number of halogens is 2. The van der Waals surface area contributed by atoms with Crippen molar-refractivity contribution in [2.24, 2.45) is 0 Å². The molecule has 7 heteroatoms. The Morgan fingerprint density at radius 3 is 2.30 bits per heavy atom. The molecule has 0 bridgehead atoms. The first-order valence-corrected chi connectivity index (χ1v) is 11.8. The van der Waals surface area contributed by atoms with Crippen molar-refractivity contribution in [3.05, 3.63) is 29.3 Å². The highest BCUT2D eigenvalue weighted by atomic mass is 35.5. The lowest BCUT2D eigenvalue weighted by Crippen LogP contribution is -2.29. The summed E-state index contributed by atoms with van der Waals surface area (Å²) in [7, 11) is -5.08. The van der Waals surface area contributed by atoms with Gasteiger partial charge in [0.2, 0.25) is 10.0 Å². The molecule has 0 heterocycles. The van der Waals surface area contributed by atoms with Crippen molar-refractivity contribution >= 4 is 41.3 Å². The molecule has 0 radical (unpaired) electrons. The third-order valence-corrected chi connectivity index (χ3v) is 5.03. The van der Waals surface area contributed by atoms with Crippen LogP contribution in [0.3, 0.4) is 0 Å². The van der Waals surface area contributed by atoms with Crippen molar-refractivity contribution in [2.45, 2.75) is 29.9 Å². The van der Waals surface area contributed by atoms with Gasteiger partial charge in [0.15, 0.2) is 0 Å². The third kappa shape index (κ3) is 6.29. The summed E-state index contributed by atoms with van der Waals surface area (Å²) in [5, 5.41) is -0.0519. The van der Waals surface area contributed by atoms with Crippen LogP contribution in [0.2, 0.25) is 24.7 Å². The van der Waals surface area contributed by atoms with E-state index in [4.69, 9.17) is 23.2 Å². The fourth-order valence-electron chi connectivity index (χ4n) is 1.23. The second-order valence-electron chi connectivity index (χ2n) is 5.29. The van der Waals surface area contributed by atoms with Gasteiger partial charge in [0.05, 0.1) is 4.90 Å². The molecule has 1 aromatic carbocycles. The number of sulfonamides is 1. The van der Waals surface area contributed by atoms with E-state index in [2.05, 4.69) is 35.8 Å². The van der Waals surface area contributed by atoms with Crippen molar-refractivity contribution in [2.75, 3.05) is 6.54 Å². The van der Waals surface area contributed by atoms with Crippen LogP contribution < -0.4 is 4.72 Å². The number of hydrogen-bond acceptors (Lipinski definition) is 2. The summed E-state index contributed by atoms with van der Waals surface area (Å²) in [4.78, 5) is 0.156. The molecule has 0 aliphatic heterocycles. The lowest BCUT2D eigenvalue weighted by molar-refractivity contribution is 0.582. The smallest absolute Gasteiger partial charge is 0.209 e. The molecule has 0 spiro atoms. The Labute approximate surface area is 131 Å². The second-order valence-corrected chi connectivity index (χ2v) is 12.8. The van der Waals surface area contributed by atoms with Crippen LogP contribution >= 0.6 is 23.2 Å². The lowest BCUT2D eigenvalue weighted by Gasteiger charge is -2.09. The summed E-state index contributed by atoms with van der Waals surface area (Å²) in [6.07, 6.45) is 0. The fraction of sp³-hybridized carbons (Fsp3) is 0.385. The standard InChI is InChI=1S/C13H17Cl2NO2SSi/c1-20(2,3)9-8-12(15)10-16-19(17,18)13-6-4-11(14)5-7-13/h4-7,12,16H,10H2,1-3H3. The number of hydrogen-bond donors (Lipinski definition) is 1. The molecule has 110 valence electrons. The maximum atomic E-state index is 12.0. The minimum atomic E-state index is -3.58. The molecule has 1 rings (SSSR count). The molecule has 0 amide bonds. The zero-order chi connectivity index (χ0) is 15.4. The fourth-order valence-corrected chi connectivity index (χ4v) is 3.32. The molecular weight excluding hydrogens is 333 g/mol. The highest BCUT2D eigenvalue weighted by Crippen LogP contribution is 2.13. The zero-order valence-corrected chi connectivity index (χ0v) is 14.9. The van der Waals surface area contributed by atoms with Crippen LogP contribution in [0.1, 0.15) is 0 Å². The van der Waals surface area contributed by atoms with Crippen LogP contribution in [0.25, 0.3) is 0 Å². The van der Waals surface area contributed by atoms with E-state index in [1.54, 1.807) is 0 Å². The van der Waals surface area contributed by atoms with Gasteiger partial charge in [0.25, 0.3) is 0 Å². The largest absolute Gasteiger partial charge is 0.240 e. The molecule has 1 aromatic rings. The Morgan fingerprint density at radius 2 is 1.80 bits per heavy atom. The Balaban J connectivity index is 2.68. The Hall–Kier alpha value is -0.513. The van der Waals surface area contributed by atoms with Gasteiger partial charge in [-0.2, -0.15) is 0 Å². The summed E-state index contributed by atoms with van der Waals surface area (Å²) in [6.45, 7) is 6.37. The van der Waals surface area contributed by atoms with Crippen molar-refractivity contribution < 1.29 is 8.42 Å². The van der Waals surface area contributed by atoms with Crippen LogP contribution in [0, 0.1) is 11.5 Å². The summed E-state index contributed by atoms with van der Waals surface area (Å²) in [5.74, 6) is 2.88. The molecule has 1 unspecified atom stereocenters. The van der Waals surface area contributed by atoms with Crippen LogP contribution in [0.15, 0.2) is 29.2 Å². The van der Waals surface area contributed by atoms with Gasteiger partial charge in [-0.05, 0) is 24.3 Å². The number of benzene rings is 1. The molecular formula is C13H17Cl2NO2SSi. The topological polar surface area (TPSA) is 46.2 Å². The van der Waals surface area contributed by atoms with Gasteiger partial charge in [-0.25, -0.2) is 13.1 Å². The van der Waals surface area contributed by atoms with Gasteiger partial charge in [-0.3, -0.25) is 0 Å². The van der Waals surface area contributed by atoms with E-state index in [-0.39, 0.29) is 11.4 Å². The summed E-state index contributed by atoms with van der Waals surface area (Å²) < 4.78 is 26.4. The first-order valence-electron chi connectivity index (χ1n) is 6.02. The first kappa shape index (κ1) is 17.5. The minimum Gasteiger partial charge on any atom is -0.209 e.